The Balaban J connectivity index is 1.43. The van der Waals surface area contributed by atoms with Gasteiger partial charge in [0.15, 0.2) is 11.5 Å². The maximum atomic E-state index is 14.3. The smallest absolute Gasteiger partial charge is 0.391 e. The fourth-order valence-electron chi connectivity index (χ4n) is 2.89. The normalized spacial score (nSPS) is 25.6. The molecule has 1 aromatic carbocycles. The van der Waals surface area contributed by atoms with E-state index in [1.165, 1.54) is 13.1 Å². The van der Waals surface area contributed by atoms with E-state index in [0.717, 1.165) is 4.57 Å². The van der Waals surface area contributed by atoms with Gasteiger partial charge in [0.05, 0.1) is 6.61 Å². The summed E-state index contributed by atoms with van der Waals surface area (Å²) in [4.78, 5) is 25.5. The van der Waals surface area contributed by atoms with Crippen LogP contribution in [-0.2, 0) is 13.8 Å². The third-order valence-electron chi connectivity index (χ3n) is 4.28. The summed E-state index contributed by atoms with van der Waals surface area (Å²) in [5, 5.41) is 0. The molecule has 0 spiro atoms. The average Bonchev–Trinajstić information content (AvgIpc) is 3.15. The van der Waals surface area contributed by atoms with E-state index in [0.29, 0.717) is 5.56 Å². The van der Waals surface area contributed by atoms with Gasteiger partial charge in [-0.25, -0.2) is 13.8 Å². The lowest BCUT2D eigenvalue weighted by Gasteiger charge is -2.17. The maximum Gasteiger partial charge on any atom is 0.587 e. The van der Waals surface area contributed by atoms with E-state index in [1.54, 1.807) is 24.3 Å². The fraction of sp³-hybridized carbons (Fsp3) is 0.375. The second-order valence-electron chi connectivity index (χ2n) is 6.23. The minimum atomic E-state index is -3.91. The van der Waals surface area contributed by atoms with Gasteiger partial charge < -0.3 is 13.8 Å². The predicted octanol–water partition coefficient (Wildman–Crippen LogP) is 2.07. The topological polar surface area (TPSA) is 109 Å². The van der Waals surface area contributed by atoms with Crippen molar-refractivity contribution < 1.29 is 27.3 Å². The number of halogens is 1. The third-order valence-corrected chi connectivity index (χ3v) is 5.59. The highest BCUT2D eigenvalue weighted by Gasteiger charge is 2.43. The number of aromatic nitrogens is 2. The van der Waals surface area contributed by atoms with Gasteiger partial charge in [0.2, 0.25) is 0 Å². The Labute approximate surface area is 152 Å². The zero-order chi connectivity index (χ0) is 19.2. The Morgan fingerprint density at radius 1 is 1.30 bits per heavy atom. The molecule has 9 nitrogen and oxygen atoms in total. The van der Waals surface area contributed by atoms with Crippen molar-refractivity contribution in [3.05, 3.63) is 56.9 Å². The highest BCUT2D eigenvalue weighted by molar-refractivity contribution is 7.49. The number of nitrogens with zero attached hydrogens (tertiary/aromatic N) is 1. The van der Waals surface area contributed by atoms with Gasteiger partial charge in [-0.1, -0.05) is 12.1 Å². The van der Waals surface area contributed by atoms with Gasteiger partial charge in [-0.3, -0.25) is 18.9 Å². The fourth-order valence-corrected chi connectivity index (χ4v) is 4.14. The SMILES string of the molecule is Cc1cn([C@H]2C[C@@H](F)[C@@H](COP3(=O)Oc4ccccc4O3)O2)c(=O)[nH]c1=O. The number of hydrogen-bond acceptors (Lipinski definition) is 7. The number of nitrogens with one attached hydrogen (secondary N) is 1. The monoisotopic (exact) mass is 398 g/mol. The highest BCUT2D eigenvalue weighted by atomic mass is 31.2. The molecule has 4 rings (SSSR count). The second-order valence-corrected chi connectivity index (χ2v) is 7.75. The molecule has 3 atom stereocenters. The maximum absolute atomic E-state index is 14.3. The van der Waals surface area contributed by atoms with Crippen LogP contribution in [0, 0.1) is 6.92 Å². The molecule has 1 saturated heterocycles. The Morgan fingerprint density at radius 3 is 2.63 bits per heavy atom. The molecule has 0 saturated carbocycles. The van der Waals surface area contributed by atoms with E-state index >= 15 is 0 Å². The number of benzene rings is 1. The van der Waals surface area contributed by atoms with Crippen LogP contribution in [0.2, 0.25) is 0 Å². The lowest BCUT2D eigenvalue weighted by Crippen LogP contribution is -2.33. The number of H-pyrrole nitrogens is 1. The molecule has 1 fully saturated rings. The number of hydrogen-bond donors (Lipinski definition) is 1. The highest BCUT2D eigenvalue weighted by Crippen LogP contribution is 2.58. The van der Waals surface area contributed by atoms with Crippen molar-refractivity contribution >= 4 is 7.82 Å². The summed E-state index contributed by atoms with van der Waals surface area (Å²) in [5.41, 5.74) is -0.919. The summed E-state index contributed by atoms with van der Waals surface area (Å²) in [6.45, 7) is 1.13. The molecule has 2 aliphatic rings. The van der Waals surface area contributed by atoms with E-state index < -0.39 is 37.6 Å². The first-order chi connectivity index (χ1) is 12.8. The summed E-state index contributed by atoms with van der Waals surface area (Å²) < 4.78 is 49.0. The van der Waals surface area contributed by atoms with Gasteiger partial charge in [-0.2, -0.15) is 0 Å². The Morgan fingerprint density at radius 2 is 1.96 bits per heavy atom. The van der Waals surface area contributed by atoms with Crippen molar-refractivity contribution in [2.45, 2.75) is 31.8 Å². The van der Waals surface area contributed by atoms with Gasteiger partial charge in [0, 0.05) is 18.2 Å². The van der Waals surface area contributed by atoms with Crippen LogP contribution >= 0.6 is 7.82 Å². The molecule has 1 aromatic heterocycles. The first kappa shape index (κ1) is 18.0. The minimum absolute atomic E-state index is 0.119. The van der Waals surface area contributed by atoms with E-state index in [9.17, 15) is 18.5 Å². The van der Waals surface area contributed by atoms with Crippen LogP contribution in [-0.4, -0.2) is 28.4 Å². The molecule has 11 heteroatoms. The Hall–Kier alpha value is -2.42. The molecular weight excluding hydrogens is 382 g/mol. The molecular formula is C16H16FN2O7P. The first-order valence-corrected chi connectivity index (χ1v) is 9.65. The van der Waals surface area contributed by atoms with Gasteiger partial charge >= 0.3 is 13.5 Å². The van der Waals surface area contributed by atoms with Crippen molar-refractivity contribution in [3.63, 3.8) is 0 Å². The van der Waals surface area contributed by atoms with Gasteiger partial charge in [0.1, 0.15) is 18.5 Å². The van der Waals surface area contributed by atoms with E-state index in [1.807, 2.05) is 0 Å². The van der Waals surface area contributed by atoms with Crippen molar-refractivity contribution in [2.75, 3.05) is 6.61 Å². The number of para-hydroxylation sites is 2. The molecule has 0 bridgehead atoms. The number of ether oxygens (including phenoxy) is 1. The lowest BCUT2D eigenvalue weighted by atomic mass is 10.2. The molecule has 0 amide bonds. The number of alkyl halides is 1. The molecule has 0 unspecified atom stereocenters. The number of phosphoric ester groups is 1. The largest absolute Gasteiger partial charge is 0.587 e. The van der Waals surface area contributed by atoms with Gasteiger partial charge in [0.25, 0.3) is 5.56 Å². The Bertz CT molecular complexity index is 1010. The number of fused-ring (bicyclic) bond motifs is 1. The number of aryl methyl sites for hydroxylation is 1. The number of aromatic amines is 1. The zero-order valence-corrected chi connectivity index (χ0v) is 15.1. The number of phosphoric acid groups is 1. The standard InChI is InChI=1S/C16H16FN2O7P/c1-9-7-19(16(21)18-15(9)20)14-6-10(17)13(24-14)8-23-27(22)25-11-4-2-3-5-12(11)26-27/h2-5,7,10,13-14H,6,8H2,1H3,(H,18,20,21)/t10-,13-,14-/m1/s1. The summed E-state index contributed by atoms with van der Waals surface area (Å²) >= 11 is 0. The van der Waals surface area contributed by atoms with Crippen LogP contribution in [0.15, 0.2) is 40.1 Å². The molecule has 144 valence electrons. The van der Waals surface area contributed by atoms with Crippen LogP contribution in [0.3, 0.4) is 0 Å². The molecule has 27 heavy (non-hydrogen) atoms. The van der Waals surface area contributed by atoms with Crippen molar-refractivity contribution in [3.8, 4) is 11.5 Å². The zero-order valence-electron chi connectivity index (χ0n) is 14.2. The molecule has 1 N–H and O–H groups in total. The quantitative estimate of drug-likeness (QED) is 0.786. The predicted molar refractivity (Wildman–Crippen MR) is 90.7 cm³/mol. The third kappa shape index (κ3) is 3.43. The number of rotatable bonds is 4. The summed E-state index contributed by atoms with van der Waals surface area (Å²) in [7, 11) is -3.91. The average molecular weight is 398 g/mol. The molecule has 2 aliphatic heterocycles. The molecule has 3 heterocycles. The van der Waals surface area contributed by atoms with E-state index in [4.69, 9.17) is 18.3 Å². The Kier molecular flexibility index (Phi) is 4.41. The molecule has 2 aromatic rings. The van der Waals surface area contributed by atoms with Crippen LogP contribution in [0.1, 0.15) is 18.2 Å². The van der Waals surface area contributed by atoms with Crippen molar-refractivity contribution in [2.24, 2.45) is 0 Å². The van der Waals surface area contributed by atoms with Gasteiger partial charge in [-0.05, 0) is 19.1 Å². The first-order valence-electron chi connectivity index (χ1n) is 8.19. The second kappa shape index (κ2) is 6.63. The van der Waals surface area contributed by atoms with Crippen molar-refractivity contribution in [1.82, 2.24) is 9.55 Å². The van der Waals surface area contributed by atoms with E-state index in [2.05, 4.69) is 4.98 Å². The molecule has 0 radical (unpaired) electrons. The van der Waals surface area contributed by atoms with Crippen LogP contribution in [0.25, 0.3) is 0 Å². The van der Waals surface area contributed by atoms with Crippen LogP contribution in [0.5, 0.6) is 11.5 Å². The summed E-state index contributed by atoms with van der Waals surface area (Å²) in [6, 6.07) is 6.51. The van der Waals surface area contributed by atoms with Crippen LogP contribution < -0.4 is 20.3 Å². The summed E-state index contributed by atoms with van der Waals surface area (Å²) in [5.74, 6) is 0.552. The minimum Gasteiger partial charge on any atom is -0.391 e. The molecule has 0 aliphatic carbocycles. The lowest BCUT2D eigenvalue weighted by molar-refractivity contribution is -0.0337. The van der Waals surface area contributed by atoms with Crippen molar-refractivity contribution in [1.29, 1.82) is 0 Å². The summed E-state index contributed by atoms with van der Waals surface area (Å²) in [6.07, 6.45) is -2.27. The van der Waals surface area contributed by atoms with Crippen LogP contribution in [0.4, 0.5) is 4.39 Å². The van der Waals surface area contributed by atoms with E-state index in [-0.39, 0.29) is 24.5 Å². The van der Waals surface area contributed by atoms with Gasteiger partial charge in [-0.15, -0.1) is 0 Å².